The summed E-state index contributed by atoms with van der Waals surface area (Å²) in [4.78, 5) is 21.4. The van der Waals surface area contributed by atoms with Crippen molar-refractivity contribution in [3.8, 4) is 11.1 Å². The zero-order valence-electron chi connectivity index (χ0n) is 15.1. The van der Waals surface area contributed by atoms with Crippen LogP contribution in [0.25, 0.3) is 16.8 Å². The van der Waals surface area contributed by atoms with E-state index in [-0.39, 0.29) is 11.9 Å². The molecule has 3 aromatic rings. The van der Waals surface area contributed by atoms with Crippen LogP contribution in [0.3, 0.4) is 0 Å². The van der Waals surface area contributed by atoms with Gasteiger partial charge in [-0.1, -0.05) is 30.3 Å². The van der Waals surface area contributed by atoms with Gasteiger partial charge in [-0.05, 0) is 5.56 Å². The van der Waals surface area contributed by atoms with E-state index in [0.717, 1.165) is 61.6 Å². The minimum absolute atomic E-state index is 0.0291. The number of fused-ring (bicyclic) bond motifs is 2. The molecule has 0 saturated carbocycles. The van der Waals surface area contributed by atoms with Crippen LogP contribution in [0.1, 0.15) is 5.56 Å². The summed E-state index contributed by atoms with van der Waals surface area (Å²) in [6.45, 7) is 5.16. The van der Waals surface area contributed by atoms with Crippen molar-refractivity contribution < 1.29 is 4.79 Å². The number of benzene rings is 1. The maximum absolute atomic E-state index is 12.1. The molecule has 1 N–H and O–H groups in total. The number of rotatable bonds is 3. The Labute approximate surface area is 157 Å². The summed E-state index contributed by atoms with van der Waals surface area (Å²) < 4.78 is 1.85. The summed E-state index contributed by atoms with van der Waals surface area (Å²) >= 11 is 0. The van der Waals surface area contributed by atoms with Gasteiger partial charge in [-0.3, -0.25) is 14.6 Å². The number of carbonyl (C=O) groups is 1. The van der Waals surface area contributed by atoms with Crippen LogP contribution >= 0.6 is 0 Å². The zero-order chi connectivity index (χ0) is 18.2. The van der Waals surface area contributed by atoms with Crippen molar-refractivity contribution >= 4 is 11.6 Å². The first-order valence-corrected chi connectivity index (χ1v) is 9.40. The van der Waals surface area contributed by atoms with Crippen molar-refractivity contribution in [2.45, 2.75) is 12.6 Å². The third-order valence-corrected chi connectivity index (χ3v) is 5.48. The molecule has 4 heterocycles. The Morgan fingerprint density at radius 3 is 2.89 bits per heavy atom. The second-order valence-electron chi connectivity index (χ2n) is 7.23. The third-order valence-electron chi connectivity index (χ3n) is 5.48. The molecule has 27 heavy (non-hydrogen) atoms. The first kappa shape index (κ1) is 16.4. The summed E-state index contributed by atoms with van der Waals surface area (Å²) in [5, 5.41) is 7.46. The lowest BCUT2D eigenvalue weighted by atomic mass is 10.1. The fourth-order valence-electron chi connectivity index (χ4n) is 4.05. The maximum atomic E-state index is 12.1. The smallest absolute Gasteiger partial charge is 0.238 e. The fourth-order valence-corrected chi connectivity index (χ4v) is 4.05. The van der Waals surface area contributed by atoms with Crippen LogP contribution in [0.15, 0.2) is 48.9 Å². The molecule has 1 atom stereocenters. The largest absolute Gasteiger partial charge is 0.353 e. The molecular formula is C20H22N6O. The molecule has 138 valence electrons. The van der Waals surface area contributed by atoms with Gasteiger partial charge in [0.25, 0.3) is 0 Å². The SMILES string of the molecule is O=C1NCCN2CCN(Cc3cnc4c(-c5ccccc5)cnn4c3)C[C@H]12. The van der Waals surface area contributed by atoms with Gasteiger partial charge in [0.05, 0.1) is 6.20 Å². The van der Waals surface area contributed by atoms with E-state index in [0.29, 0.717) is 0 Å². The average Bonchev–Trinajstić information content (AvgIpc) is 3.13. The van der Waals surface area contributed by atoms with Gasteiger partial charge >= 0.3 is 0 Å². The molecule has 2 aliphatic rings. The van der Waals surface area contributed by atoms with E-state index in [2.05, 4.69) is 37.3 Å². The Kier molecular flexibility index (Phi) is 4.10. The number of carbonyl (C=O) groups excluding carboxylic acids is 1. The highest BCUT2D eigenvalue weighted by atomic mass is 16.2. The molecule has 2 fully saturated rings. The molecule has 2 aliphatic heterocycles. The molecule has 2 aromatic heterocycles. The standard InChI is InChI=1S/C20H22N6O/c27-20-18-14-24(8-9-25(18)7-6-21-20)12-15-10-22-19-17(11-23-26(19)13-15)16-4-2-1-3-5-16/h1-5,10-11,13,18H,6-9,12,14H2,(H,21,27)/t18-/m1/s1. The molecule has 0 spiro atoms. The summed E-state index contributed by atoms with van der Waals surface area (Å²) in [7, 11) is 0. The van der Waals surface area contributed by atoms with Gasteiger partial charge in [0.1, 0.15) is 6.04 Å². The second kappa shape index (κ2) is 6.75. The first-order valence-electron chi connectivity index (χ1n) is 9.40. The minimum atomic E-state index is -0.0291. The van der Waals surface area contributed by atoms with Crippen LogP contribution in [-0.2, 0) is 11.3 Å². The van der Waals surface area contributed by atoms with Crippen molar-refractivity contribution in [1.29, 1.82) is 0 Å². The highest BCUT2D eigenvalue weighted by Gasteiger charge is 2.34. The lowest BCUT2D eigenvalue weighted by molar-refractivity contribution is -0.131. The Bertz CT molecular complexity index is 969. The Morgan fingerprint density at radius 1 is 1.11 bits per heavy atom. The topological polar surface area (TPSA) is 65.8 Å². The van der Waals surface area contributed by atoms with Gasteiger partial charge in [0.15, 0.2) is 5.65 Å². The molecule has 2 saturated heterocycles. The first-order chi connectivity index (χ1) is 13.3. The number of aromatic nitrogens is 3. The zero-order valence-corrected chi connectivity index (χ0v) is 15.1. The third kappa shape index (κ3) is 3.09. The second-order valence-corrected chi connectivity index (χ2v) is 7.23. The highest BCUT2D eigenvalue weighted by Crippen LogP contribution is 2.23. The van der Waals surface area contributed by atoms with Gasteiger partial charge in [-0.2, -0.15) is 5.10 Å². The molecule has 0 aliphatic carbocycles. The predicted octanol–water partition coefficient (Wildman–Crippen LogP) is 1.01. The van der Waals surface area contributed by atoms with E-state index in [9.17, 15) is 4.79 Å². The molecule has 0 radical (unpaired) electrons. The van der Waals surface area contributed by atoms with Crippen molar-refractivity contribution in [3.05, 3.63) is 54.5 Å². The van der Waals surface area contributed by atoms with E-state index in [4.69, 9.17) is 0 Å². The van der Waals surface area contributed by atoms with Gasteiger partial charge in [0, 0.05) is 62.8 Å². The number of nitrogens with one attached hydrogen (secondary N) is 1. The van der Waals surface area contributed by atoms with Crippen LogP contribution in [0.2, 0.25) is 0 Å². The highest BCUT2D eigenvalue weighted by molar-refractivity contribution is 5.82. The lowest BCUT2D eigenvalue weighted by Gasteiger charge is -2.43. The van der Waals surface area contributed by atoms with Crippen molar-refractivity contribution in [3.63, 3.8) is 0 Å². The van der Waals surface area contributed by atoms with Crippen molar-refractivity contribution in [2.75, 3.05) is 32.7 Å². The number of nitrogens with zero attached hydrogens (tertiary/aromatic N) is 5. The molecule has 1 aromatic carbocycles. The van der Waals surface area contributed by atoms with E-state index in [1.165, 1.54) is 0 Å². The van der Waals surface area contributed by atoms with Gasteiger partial charge in [-0.15, -0.1) is 0 Å². The molecule has 1 amide bonds. The molecule has 7 nitrogen and oxygen atoms in total. The van der Waals surface area contributed by atoms with Crippen LogP contribution in [0.4, 0.5) is 0 Å². The number of hydrogen-bond acceptors (Lipinski definition) is 5. The van der Waals surface area contributed by atoms with Crippen molar-refractivity contribution in [1.82, 2.24) is 29.7 Å². The normalized spacial score (nSPS) is 21.2. The summed E-state index contributed by atoms with van der Waals surface area (Å²) in [6.07, 6.45) is 5.84. The van der Waals surface area contributed by atoms with Crippen LogP contribution in [-0.4, -0.2) is 69.1 Å². The van der Waals surface area contributed by atoms with Crippen LogP contribution in [0.5, 0.6) is 0 Å². The molecule has 5 rings (SSSR count). The molecule has 0 bridgehead atoms. The molecular weight excluding hydrogens is 340 g/mol. The fraction of sp³-hybridized carbons (Fsp3) is 0.350. The Morgan fingerprint density at radius 2 is 2.00 bits per heavy atom. The maximum Gasteiger partial charge on any atom is 0.238 e. The van der Waals surface area contributed by atoms with Gasteiger partial charge < -0.3 is 5.32 Å². The van der Waals surface area contributed by atoms with E-state index in [1.807, 2.05) is 41.3 Å². The van der Waals surface area contributed by atoms with E-state index in [1.54, 1.807) is 0 Å². The summed E-state index contributed by atoms with van der Waals surface area (Å²) in [6, 6.07) is 10.2. The van der Waals surface area contributed by atoms with E-state index < -0.39 is 0 Å². The van der Waals surface area contributed by atoms with Crippen LogP contribution < -0.4 is 5.32 Å². The lowest BCUT2D eigenvalue weighted by Crippen LogP contribution is -2.63. The monoisotopic (exact) mass is 362 g/mol. The minimum Gasteiger partial charge on any atom is -0.353 e. The van der Waals surface area contributed by atoms with Crippen molar-refractivity contribution in [2.24, 2.45) is 0 Å². The summed E-state index contributed by atoms with van der Waals surface area (Å²) in [5.74, 6) is 0.152. The molecule has 0 unspecified atom stereocenters. The molecule has 7 heteroatoms. The number of hydrogen-bond donors (Lipinski definition) is 1. The van der Waals surface area contributed by atoms with Gasteiger partial charge in [0.2, 0.25) is 5.91 Å². The summed E-state index contributed by atoms with van der Waals surface area (Å²) in [5.41, 5.74) is 4.12. The predicted molar refractivity (Wildman–Crippen MR) is 102 cm³/mol. The van der Waals surface area contributed by atoms with Gasteiger partial charge in [-0.25, -0.2) is 9.50 Å². The number of piperazine rings is 2. The quantitative estimate of drug-likeness (QED) is 0.753. The van der Waals surface area contributed by atoms with E-state index >= 15 is 0 Å². The average molecular weight is 362 g/mol. The number of amides is 1. The Hall–Kier alpha value is -2.77. The Balaban J connectivity index is 1.35. The van der Waals surface area contributed by atoms with Crippen LogP contribution in [0, 0.1) is 0 Å².